The molecule has 19 heavy (non-hydrogen) atoms. The molecular weight excluding hydrogens is 275 g/mol. The third-order valence-corrected chi connectivity index (χ3v) is 4.05. The summed E-state index contributed by atoms with van der Waals surface area (Å²) in [6.07, 6.45) is -2.11. The molecule has 0 bridgehead atoms. The van der Waals surface area contributed by atoms with Gasteiger partial charge >= 0.3 is 6.18 Å². The van der Waals surface area contributed by atoms with Crippen LogP contribution in [0.25, 0.3) is 0 Å². The molecule has 2 rings (SSSR count). The Morgan fingerprint density at radius 3 is 2.16 bits per heavy atom. The van der Waals surface area contributed by atoms with E-state index in [1.807, 2.05) is 0 Å². The summed E-state index contributed by atoms with van der Waals surface area (Å²) in [7, 11) is 0. The Morgan fingerprint density at radius 1 is 1.11 bits per heavy atom. The number of rotatable bonds is 3. The van der Waals surface area contributed by atoms with Gasteiger partial charge in [-0.25, -0.2) is 0 Å². The van der Waals surface area contributed by atoms with Gasteiger partial charge in [0.25, 0.3) is 0 Å². The van der Waals surface area contributed by atoms with E-state index in [4.69, 9.17) is 11.6 Å². The molecule has 1 fully saturated rings. The highest BCUT2D eigenvalue weighted by atomic mass is 35.5. The Labute approximate surface area is 116 Å². The molecule has 1 saturated heterocycles. The zero-order valence-electron chi connectivity index (χ0n) is 10.6. The standard InChI is InChI=1S/C14H17ClF3N/c15-9-11-5-7-19(8-6-11)10-12-1-3-13(4-2-12)14(16,17)18/h1-4,11H,5-10H2. The lowest BCUT2D eigenvalue weighted by Gasteiger charge is -2.31. The quantitative estimate of drug-likeness (QED) is 0.756. The molecule has 5 heteroatoms. The molecular formula is C14H17ClF3N. The number of piperidine rings is 1. The first-order valence-corrected chi connectivity index (χ1v) is 6.97. The van der Waals surface area contributed by atoms with Gasteiger partial charge in [0, 0.05) is 12.4 Å². The van der Waals surface area contributed by atoms with Crippen LogP contribution in [0.4, 0.5) is 13.2 Å². The largest absolute Gasteiger partial charge is 0.416 e. The predicted molar refractivity (Wildman–Crippen MR) is 70.2 cm³/mol. The first-order chi connectivity index (χ1) is 8.99. The third kappa shape index (κ3) is 4.11. The Hall–Kier alpha value is -0.740. The van der Waals surface area contributed by atoms with Crippen LogP contribution < -0.4 is 0 Å². The zero-order chi connectivity index (χ0) is 13.9. The van der Waals surface area contributed by atoms with Crippen molar-refractivity contribution >= 4 is 11.6 Å². The molecule has 0 aromatic heterocycles. The molecule has 106 valence electrons. The Bertz CT molecular complexity index is 394. The van der Waals surface area contributed by atoms with E-state index in [-0.39, 0.29) is 0 Å². The fourth-order valence-corrected chi connectivity index (χ4v) is 2.66. The SMILES string of the molecule is FC(F)(F)c1ccc(CN2CCC(CCl)CC2)cc1. The maximum Gasteiger partial charge on any atom is 0.416 e. The summed E-state index contributed by atoms with van der Waals surface area (Å²) >= 11 is 5.82. The van der Waals surface area contributed by atoms with E-state index >= 15 is 0 Å². The summed E-state index contributed by atoms with van der Waals surface area (Å²) in [5, 5.41) is 0. The van der Waals surface area contributed by atoms with Gasteiger partial charge in [-0.2, -0.15) is 13.2 Å². The van der Waals surface area contributed by atoms with Crippen molar-refractivity contribution < 1.29 is 13.2 Å². The molecule has 0 spiro atoms. The molecule has 1 aromatic rings. The fraction of sp³-hybridized carbons (Fsp3) is 0.571. The van der Waals surface area contributed by atoms with Crippen molar-refractivity contribution in [2.75, 3.05) is 19.0 Å². The number of alkyl halides is 4. The van der Waals surface area contributed by atoms with E-state index in [0.29, 0.717) is 18.3 Å². The molecule has 0 amide bonds. The van der Waals surface area contributed by atoms with Crippen molar-refractivity contribution in [2.45, 2.75) is 25.6 Å². The number of hydrogen-bond acceptors (Lipinski definition) is 1. The first kappa shape index (κ1) is 14.7. The maximum absolute atomic E-state index is 12.4. The Kier molecular flexibility index (Phi) is 4.74. The summed E-state index contributed by atoms with van der Waals surface area (Å²) in [5.74, 6) is 1.29. The minimum absolute atomic E-state index is 0.586. The van der Waals surface area contributed by atoms with Gasteiger partial charge in [0.2, 0.25) is 0 Å². The van der Waals surface area contributed by atoms with E-state index in [1.165, 1.54) is 0 Å². The van der Waals surface area contributed by atoms with Crippen LogP contribution >= 0.6 is 11.6 Å². The van der Waals surface area contributed by atoms with E-state index in [0.717, 1.165) is 43.6 Å². The summed E-state index contributed by atoms with van der Waals surface area (Å²) in [6, 6.07) is 5.44. The second-order valence-electron chi connectivity index (χ2n) is 5.07. The Balaban J connectivity index is 1.90. The minimum atomic E-state index is -4.25. The Morgan fingerprint density at radius 2 is 1.68 bits per heavy atom. The fourth-order valence-electron chi connectivity index (χ4n) is 2.36. The second-order valence-corrected chi connectivity index (χ2v) is 5.38. The van der Waals surface area contributed by atoms with Crippen molar-refractivity contribution in [1.29, 1.82) is 0 Å². The van der Waals surface area contributed by atoms with Crippen molar-refractivity contribution in [2.24, 2.45) is 5.92 Å². The molecule has 0 atom stereocenters. The molecule has 1 aliphatic heterocycles. The average molecular weight is 292 g/mol. The van der Waals surface area contributed by atoms with Crippen LogP contribution in [0.1, 0.15) is 24.0 Å². The molecule has 0 unspecified atom stereocenters. The number of halogens is 4. The van der Waals surface area contributed by atoms with Crippen LogP contribution in [-0.2, 0) is 12.7 Å². The highest BCUT2D eigenvalue weighted by Crippen LogP contribution is 2.29. The van der Waals surface area contributed by atoms with E-state index in [9.17, 15) is 13.2 Å². The average Bonchev–Trinajstić information content (AvgIpc) is 2.39. The zero-order valence-corrected chi connectivity index (χ0v) is 11.3. The molecule has 1 aliphatic rings. The van der Waals surface area contributed by atoms with Gasteiger partial charge < -0.3 is 0 Å². The van der Waals surface area contributed by atoms with Gasteiger partial charge in [-0.1, -0.05) is 12.1 Å². The summed E-state index contributed by atoms with van der Waals surface area (Å²) in [5.41, 5.74) is 0.342. The van der Waals surface area contributed by atoms with Gasteiger partial charge in [-0.3, -0.25) is 4.90 Å². The molecule has 1 aromatic carbocycles. The lowest BCUT2D eigenvalue weighted by Crippen LogP contribution is -2.33. The van der Waals surface area contributed by atoms with Crippen LogP contribution in [0.15, 0.2) is 24.3 Å². The smallest absolute Gasteiger partial charge is 0.299 e. The highest BCUT2D eigenvalue weighted by molar-refractivity contribution is 6.18. The lowest BCUT2D eigenvalue weighted by atomic mass is 9.98. The summed E-state index contributed by atoms with van der Waals surface area (Å²) in [6.45, 7) is 2.66. The van der Waals surface area contributed by atoms with Crippen molar-refractivity contribution in [3.8, 4) is 0 Å². The third-order valence-electron chi connectivity index (χ3n) is 3.61. The lowest BCUT2D eigenvalue weighted by molar-refractivity contribution is -0.137. The highest BCUT2D eigenvalue weighted by Gasteiger charge is 2.30. The minimum Gasteiger partial charge on any atom is -0.299 e. The van der Waals surface area contributed by atoms with E-state index in [2.05, 4.69) is 4.90 Å². The van der Waals surface area contributed by atoms with E-state index in [1.54, 1.807) is 12.1 Å². The molecule has 0 N–H and O–H groups in total. The van der Waals surface area contributed by atoms with Gasteiger partial charge in [0.1, 0.15) is 0 Å². The number of benzene rings is 1. The van der Waals surface area contributed by atoms with Crippen molar-refractivity contribution in [3.63, 3.8) is 0 Å². The van der Waals surface area contributed by atoms with Gasteiger partial charge in [-0.05, 0) is 49.5 Å². The molecule has 0 aliphatic carbocycles. The normalized spacial score (nSPS) is 18.7. The second kappa shape index (κ2) is 6.14. The van der Waals surface area contributed by atoms with Crippen LogP contribution in [0.3, 0.4) is 0 Å². The van der Waals surface area contributed by atoms with Crippen LogP contribution in [-0.4, -0.2) is 23.9 Å². The maximum atomic E-state index is 12.4. The summed E-state index contributed by atoms with van der Waals surface area (Å²) < 4.78 is 37.3. The number of nitrogens with zero attached hydrogens (tertiary/aromatic N) is 1. The van der Waals surface area contributed by atoms with Crippen LogP contribution in [0, 0.1) is 5.92 Å². The monoisotopic (exact) mass is 291 g/mol. The molecule has 1 nitrogen and oxygen atoms in total. The molecule has 1 heterocycles. The predicted octanol–water partition coefficient (Wildman–Crippen LogP) is 4.16. The number of likely N-dealkylation sites (tertiary alicyclic amines) is 1. The molecule has 0 saturated carbocycles. The van der Waals surface area contributed by atoms with Crippen molar-refractivity contribution in [3.05, 3.63) is 35.4 Å². The van der Waals surface area contributed by atoms with E-state index < -0.39 is 11.7 Å². The van der Waals surface area contributed by atoms with Gasteiger partial charge in [-0.15, -0.1) is 11.6 Å². The first-order valence-electron chi connectivity index (χ1n) is 6.43. The van der Waals surface area contributed by atoms with Crippen LogP contribution in [0.5, 0.6) is 0 Å². The summed E-state index contributed by atoms with van der Waals surface area (Å²) in [4.78, 5) is 2.27. The van der Waals surface area contributed by atoms with Gasteiger partial charge in [0.05, 0.1) is 5.56 Å². The topological polar surface area (TPSA) is 3.24 Å². The number of hydrogen-bond donors (Lipinski definition) is 0. The molecule has 0 radical (unpaired) electrons. The van der Waals surface area contributed by atoms with Crippen molar-refractivity contribution in [1.82, 2.24) is 4.90 Å². The van der Waals surface area contributed by atoms with Gasteiger partial charge in [0.15, 0.2) is 0 Å². The van der Waals surface area contributed by atoms with Crippen LogP contribution in [0.2, 0.25) is 0 Å².